The Morgan fingerprint density at radius 1 is 1.09 bits per heavy atom. The van der Waals surface area contributed by atoms with Gasteiger partial charge in [0.2, 0.25) is 5.67 Å². The number of halogens is 1. The van der Waals surface area contributed by atoms with Crippen LogP contribution < -0.4 is 0 Å². The summed E-state index contributed by atoms with van der Waals surface area (Å²) in [7, 11) is -2.18. The first-order valence-corrected chi connectivity index (χ1v) is 15.1. The summed E-state index contributed by atoms with van der Waals surface area (Å²) in [4.78, 5) is 13.2. The summed E-state index contributed by atoms with van der Waals surface area (Å²) in [6, 6.07) is 10.4. The maximum atomic E-state index is 15.9. The predicted molar refractivity (Wildman–Crippen MR) is 133 cm³/mol. The van der Waals surface area contributed by atoms with E-state index < -0.39 is 20.0 Å². The maximum Gasteiger partial charge on any atom is 0.346 e. The van der Waals surface area contributed by atoms with Crippen LogP contribution in [0.3, 0.4) is 0 Å². The largest absolute Gasteiger partial charge is 0.460 e. The number of carbonyl (C=O) groups is 1. The molecule has 0 heterocycles. The van der Waals surface area contributed by atoms with Gasteiger partial charge in [-0.3, -0.25) is 0 Å². The second kappa shape index (κ2) is 9.96. The number of carbonyl (C=O) groups excluding carboxylic acids is 1. The van der Waals surface area contributed by atoms with E-state index in [1.165, 1.54) is 5.56 Å². The molecule has 1 fully saturated rings. The van der Waals surface area contributed by atoms with E-state index in [4.69, 9.17) is 9.16 Å². The van der Waals surface area contributed by atoms with Crippen molar-refractivity contribution in [2.45, 2.75) is 109 Å². The van der Waals surface area contributed by atoms with Crippen LogP contribution >= 0.6 is 0 Å². The molecule has 32 heavy (non-hydrogen) atoms. The molecule has 0 bridgehead atoms. The van der Waals surface area contributed by atoms with Gasteiger partial charge in [0.1, 0.15) is 6.10 Å². The number of hydrogen-bond acceptors (Lipinski definition) is 3. The minimum absolute atomic E-state index is 0.0465. The molecule has 1 saturated carbocycles. The van der Waals surface area contributed by atoms with E-state index in [1.807, 2.05) is 18.2 Å². The van der Waals surface area contributed by atoms with E-state index in [-0.39, 0.29) is 35.5 Å². The molecule has 1 aromatic rings. The molecule has 0 unspecified atom stereocenters. The normalized spacial score (nSPS) is 24.6. The molecule has 1 aliphatic carbocycles. The Labute approximate surface area is 196 Å². The van der Waals surface area contributed by atoms with E-state index in [2.05, 4.69) is 66.8 Å². The van der Waals surface area contributed by atoms with Gasteiger partial charge in [-0.2, -0.15) is 0 Å². The molecule has 0 aliphatic heterocycles. The molecule has 5 heteroatoms. The molecule has 182 valence electrons. The Bertz CT molecular complexity index is 756. The lowest BCUT2D eigenvalue weighted by atomic mass is 9.64. The maximum absolute atomic E-state index is 15.9. The van der Waals surface area contributed by atoms with Crippen LogP contribution in [-0.2, 0) is 19.4 Å². The molecule has 2 rings (SSSR count). The zero-order valence-electron chi connectivity index (χ0n) is 21.8. The standard InChI is InChI=1S/C27H45FO3Si/c1-10-27(28,19-30-32(8,9)25(3,4)5)24(29)31-23-18-20(2)16-17-22(23)26(6,7)21-14-12-11-13-15-21/h11-15,20,22-23H,10,16-19H2,1-9H3/t20-,22-,23-,27+/m1/s1. The van der Waals surface area contributed by atoms with Gasteiger partial charge in [0.05, 0.1) is 6.61 Å². The zero-order valence-corrected chi connectivity index (χ0v) is 22.8. The molecule has 3 nitrogen and oxygen atoms in total. The Morgan fingerprint density at radius 3 is 2.22 bits per heavy atom. The van der Waals surface area contributed by atoms with Gasteiger partial charge in [-0.15, -0.1) is 0 Å². The minimum atomic E-state index is -2.18. The topological polar surface area (TPSA) is 35.5 Å². The van der Waals surface area contributed by atoms with Crippen LogP contribution in [0.25, 0.3) is 0 Å². The number of benzene rings is 1. The lowest BCUT2D eigenvalue weighted by Crippen LogP contribution is -2.50. The summed E-state index contributed by atoms with van der Waals surface area (Å²) < 4.78 is 28.0. The molecule has 1 aromatic carbocycles. The van der Waals surface area contributed by atoms with Crippen molar-refractivity contribution in [2.24, 2.45) is 11.8 Å². The fourth-order valence-electron chi connectivity index (χ4n) is 4.43. The summed E-state index contributed by atoms with van der Waals surface area (Å²) in [5.74, 6) is -0.158. The average Bonchev–Trinajstić information content (AvgIpc) is 2.71. The van der Waals surface area contributed by atoms with Gasteiger partial charge >= 0.3 is 5.97 Å². The van der Waals surface area contributed by atoms with Crippen LogP contribution in [0, 0.1) is 11.8 Å². The number of alkyl halides is 1. The van der Waals surface area contributed by atoms with E-state index in [0.29, 0.717) is 5.92 Å². The molecule has 0 radical (unpaired) electrons. The number of rotatable bonds is 8. The number of esters is 1. The third kappa shape index (κ3) is 6.02. The summed E-state index contributed by atoms with van der Waals surface area (Å²) >= 11 is 0. The lowest BCUT2D eigenvalue weighted by Gasteiger charge is -2.44. The van der Waals surface area contributed by atoms with Crippen LogP contribution in [0.15, 0.2) is 30.3 Å². The number of ether oxygens (including phenoxy) is 1. The third-order valence-electron chi connectivity index (χ3n) is 8.15. The average molecular weight is 465 g/mol. The molecule has 0 spiro atoms. The lowest BCUT2D eigenvalue weighted by molar-refractivity contribution is -0.173. The summed E-state index contributed by atoms with van der Waals surface area (Å²) in [5.41, 5.74) is -1.06. The van der Waals surface area contributed by atoms with Crippen molar-refractivity contribution in [3.8, 4) is 0 Å². The first kappa shape index (κ1) is 27.0. The van der Waals surface area contributed by atoms with Gasteiger partial charge < -0.3 is 9.16 Å². The van der Waals surface area contributed by atoms with Gasteiger partial charge in [0.15, 0.2) is 8.32 Å². The summed E-state index contributed by atoms with van der Waals surface area (Å²) in [6.45, 7) is 18.6. The first-order chi connectivity index (χ1) is 14.6. The first-order valence-electron chi connectivity index (χ1n) is 12.2. The molecule has 0 amide bonds. The molecule has 0 saturated heterocycles. The van der Waals surface area contributed by atoms with Gasteiger partial charge in [-0.1, -0.05) is 85.2 Å². The Hall–Kier alpha value is -1.20. The van der Waals surface area contributed by atoms with Crippen molar-refractivity contribution in [1.82, 2.24) is 0 Å². The van der Waals surface area contributed by atoms with Crippen molar-refractivity contribution < 1.29 is 18.3 Å². The second-order valence-corrected chi connectivity index (χ2v) is 16.7. The van der Waals surface area contributed by atoms with Crippen molar-refractivity contribution in [3.05, 3.63) is 35.9 Å². The van der Waals surface area contributed by atoms with Gasteiger partial charge in [-0.25, -0.2) is 9.18 Å². The molecule has 4 atom stereocenters. The molecular formula is C27H45FO3Si. The fourth-order valence-corrected chi connectivity index (χ4v) is 5.45. The highest BCUT2D eigenvalue weighted by Gasteiger charge is 2.48. The van der Waals surface area contributed by atoms with Crippen LogP contribution in [0.1, 0.15) is 79.7 Å². The number of hydrogen-bond donors (Lipinski definition) is 0. The van der Waals surface area contributed by atoms with Crippen LogP contribution in [0.4, 0.5) is 4.39 Å². The highest BCUT2D eigenvalue weighted by molar-refractivity contribution is 6.74. The Kier molecular flexibility index (Phi) is 8.42. The Morgan fingerprint density at radius 2 is 1.69 bits per heavy atom. The van der Waals surface area contributed by atoms with Crippen LogP contribution in [0.5, 0.6) is 0 Å². The van der Waals surface area contributed by atoms with E-state index in [9.17, 15) is 4.79 Å². The quantitative estimate of drug-likeness (QED) is 0.296. The highest BCUT2D eigenvalue weighted by Crippen LogP contribution is 2.44. The summed E-state index contributed by atoms with van der Waals surface area (Å²) in [6.07, 6.45) is 2.59. The van der Waals surface area contributed by atoms with Crippen molar-refractivity contribution in [2.75, 3.05) is 6.61 Å². The smallest absolute Gasteiger partial charge is 0.346 e. The van der Waals surface area contributed by atoms with E-state index in [0.717, 1.165) is 19.3 Å². The second-order valence-electron chi connectivity index (χ2n) is 11.9. The molecule has 0 aromatic heterocycles. The zero-order chi connectivity index (χ0) is 24.4. The molecule has 0 N–H and O–H groups in total. The van der Waals surface area contributed by atoms with Gasteiger partial charge in [-0.05, 0) is 54.3 Å². The van der Waals surface area contributed by atoms with Crippen molar-refractivity contribution >= 4 is 14.3 Å². The fraction of sp³-hybridized carbons (Fsp3) is 0.741. The third-order valence-corrected chi connectivity index (χ3v) is 12.6. The van der Waals surface area contributed by atoms with Crippen molar-refractivity contribution in [1.29, 1.82) is 0 Å². The predicted octanol–water partition coefficient (Wildman–Crippen LogP) is 7.45. The summed E-state index contributed by atoms with van der Waals surface area (Å²) in [5, 5.41) is -0.0465. The molecular weight excluding hydrogens is 419 g/mol. The van der Waals surface area contributed by atoms with Crippen LogP contribution in [-0.4, -0.2) is 32.7 Å². The molecule has 1 aliphatic rings. The van der Waals surface area contributed by atoms with Crippen molar-refractivity contribution in [3.63, 3.8) is 0 Å². The van der Waals surface area contributed by atoms with E-state index >= 15 is 4.39 Å². The van der Waals surface area contributed by atoms with Gasteiger partial charge in [0, 0.05) is 5.92 Å². The monoisotopic (exact) mass is 464 g/mol. The highest BCUT2D eigenvalue weighted by atomic mass is 28.4. The van der Waals surface area contributed by atoms with E-state index in [1.54, 1.807) is 6.92 Å². The SMILES string of the molecule is CC[C@](F)(CO[Si](C)(C)C(C)(C)C)C(=O)O[C@@H]1C[C@H](C)CC[C@H]1C(C)(C)c1ccccc1. The van der Waals surface area contributed by atoms with Gasteiger partial charge in [0.25, 0.3) is 0 Å². The minimum Gasteiger partial charge on any atom is -0.460 e. The Balaban J connectivity index is 2.21. The van der Waals surface area contributed by atoms with Crippen LogP contribution in [0.2, 0.25) is 18.1 Å².